The van der Waals surface area contributed by atoms with Crippen LogP contribution in [0.3, 0.4) is 0 Å². The average Bonchev–Trinajstić information content (AvgIpc) is 2.55. The molecule has 0 fully saturated rings. The second-order valence-corrected chi connectivity index (χ2v) is 4.29. The van der Waals surface area contributed by atoms with Gasteiger partial charge in [0.25, 0.3) is 0 Å². The highest BCUT2D eigenvalue weighted by Gasteiger charge is 2.25. The number of rotatable bonds is 3. The first-order chi connectivity index (χ1) is 8.09. The Morgan fingerprint density at radius 1 is 1.59 bits per heavy atom. The number of anilines is 1. The zero-order valence-corrected chi connectivity index (χ0v) is 10.0. The van der Waals surface area contributed by atoms with Crippen molar-refractivity contribution < 1.29 is 4.92 Å². The second-order valence-electron chi connectivity index (χ2n) is 4.29. The molecule has 0 aliphatic heterocycles. The predicted octanol–water partition coefficient (Wildman–Crippen LogP) is 2.16. The molecule has 1 heterocycles. The molecular weight excluding hydrogens is 220 g/mol. The van der Waals surface area contributed by atoms with Gasteiger partial charge in [0.15, 0.2) is 0 Å². The molecule has 1 unspecified atom stereocenters. The van der Waals surface area contributed by atoms with Crippen molar-refractivity contribution in [1.29, 1.82) is 0 Å². The normalized spacial score (nSPS) is 19.3. The van der Waals surface area contributed by atoms with Crippen molar-refractivity contribution in [1.82, 2.24) is 9.78 Å². The van der Waals surface area contributed by atoms with Crippen LogP contribution in [0, 0.1) is 17.0 Å². The molecule has 1 atom stereocenters. The quantitative estimate of drug-likeness (QED) is 0.496. The number of hydrogen-bond acceptors (Lipinski definition) is 4. The minimum Gasteiger partial charge on any atom is -0.361 e. The molecule has 92 valence electrons. The number of nitro groups is 1. The van der Waals surface area contributed by atoms with Gasteiger partial charge in [-0.3, -0.25) is 10.1 Å². The third-order valence-electron chi connectivity index (χ3n) is 2.98. The van der Waals surface area contributed by atoms with Gasteiger partial charge < -0.3 is 5.32 Å². The summed E-state index contributed by atoms with van der Waals surface area (Å²) < 4.78 is 1.55. The molecule has 0 saturated heterocycles. The second kappa shape index (κ2) is 4.57. The van der Waals surface area contributed by atoms with Crippen LogP contribution in [0.15, 0.2) is 12.2 Å². The van der Waals surface area contributed by atoms with Gasteiger partial charge in [-0.2, -0.15) is 5.10 Å². The van der Waals surface area contributed by atoms with Crippen LogP contribution in [0.4, 0.5) is 11.5 Å². The Labute approximate surface area is 99.5 Å². The van der Waals surface area contributed by atoms with Gasteiger partial charge >= 0.3 is 5.69 Å². The maximum Gasteiger partial charge on any atom is 0.333 e. The van der Waals surface area contributed by atoms with E-state index in [2.05, 4.69) is 22.6 Å². The minimum absolute atomic E-state index is 0.0852. The average molecular weight is 236 g/mol. The molecule has 1 N–H and O–H groups in total. The Kier molecular flexibility index (Phi) is 3.12. The molecule has 17 heavy (non-hydrogen) atoms. The van der Waals surface area contributed by atoms with E-state index in [0.29, 0.717) is 11.5 Å². The van der Waals surface area contributed by atoms with Crippen LogP contribution in [0.1, 0.15) is 25.0 Å². The van der Waals surface area contributed by atoms with E-state index in [1.54, 1.807) is 18.7 Å². The van der Waals surface area contributed by atoms with Crippen LogP contribution in [0.5, 0.6) is 0 Å². The highest BCUT2D eigenvalue weighted by Crippen LogP contribution is 2.29. The largest absolute Gasteiger partial charge is 0.361 e. The molecule has 1 aliphatic rings. The molecular formula is C11H16N4O2. The maximum atomic E-state index is 11.0. The highest BCUT2D eigenvalue weighted by molar-refractivity contribution is 5.59. The highest BCUT2D eigenvalue weighted by atomic mass is 16.6. The Morgan fingerprint density at radius 2 is 2.35 bits per heavy atom. The first-order valence-corrected chi connectivity index (χ1v) is 5.69. The lowest BCUT2D eigenvalue weighted by Gasteiger charge is -2.19. The van der Waals surface area contributed by atoms with E-state index in [-0.39, 0.29) is 16.7 Å². The molecule has 0 radical (unpaired) electrons. The van der Waals surface area contributed by atoms with Gasteiger partial charge in [0.1, 0.15) is 5.69 Å². The Balaban J connectivity index is 2.25. The molecule has 1 aliphatic carbocycles. The number of aryl methyl sites for hydroxylation is 2. The fraction of sp³-hybridized carbons (Fsp3) is 0.545. The summed E-state index contributed by atoms with van der Waals surface area (Å²) in [5.41, 5.74) is 0.536. The summed E-state index contributed by atoms with van der Waals surface area (Å²) in [4.78, 5) is 10.6. The molecule has 0 aromatic carbocycles. The molecule has 2 rings (SSSR count). The smallest absolute Gasteiger partial charge is 0.333 e. The fourth-order valence-corrected chi connectivity index (χ4v) is 2.15. The lowest BCUT2D eigenvalue weighted by atomic mass is 10.0. The number of allylic oxidation sites excluding steroid dienone is 1. The summed E-state index contributed by atoms with van der Waals surface area (Å²) in [6.45, 7) is 1.66. The Hall–Kier alpha value is -1.85. The third-order valence-corrected chi connectivity index (χ3v) is 2.98. The van der Waals surface area contributed by atoms with Crippen LogP contribution < -0.4 is 5.32 Å². The van der Waals surface area contributed by atoms with E-state index in [4.69, 9.17) is 0 Å². The number of hydrogen-bond donors (Lipinski definition) is 1. The van der Waals surface area contributed by atoms with Gasteiger partial charge in [-0.15, -0.1) is 0 Å². The van der Waals surface area contributed by atoms with Gasteiger partial charge in [0.05, 0.1) is 4.92 Å². The van der Waals surface area contributed by atoms with Gasteiger partial charge in [-0.05, 0) is 26.2 Å². The van der Waals surface area contributed by atoms with Crippen molar-refractivity contribution in [3.63, 3.8) is 0 Å². The van der Waals surface area contributed by atoms with E-state index >= 15 is 0 Å². The molecule has 6 nitrogen and oxygen atoms in total. The van der Waals surface area contributed by atoms with Crippen LogP contribution in [0.25, 0.3) is 0 Å². The first-order valence-electron chi connectivity index (χ1n) is 5.69. The molecule has 0 saturated carbocycles. The van der Waals surface area contributed by atoms with Crippen molar-refractivity contribution in [2.75, 3.05) is 5.32 Å². The summed E-state index contributed by atoms with van der Waals surface area (Å²) in [5.74, 6) is 0.507. The van der Waals surface area contributed by atoms with Gasteiger partial charge in [-0.25, -0.2) is 4.68 Å². The van der Waals surface area contributed by atoms with Gasteiger partial charge in [-0.1, -0.05) is 12.2 Å². The van der Waals surface area contributed by atoms with Crippen LogP contribution in [-0.2, 0) is 7.05 Å². The van der Waals surface area contributed by atoms with Gasteiger partial charge in [0.2, 0.25) is 5.82 Å². The predicted molar refractivity (Wildman–Crippen MR) is 65.0 cm³/mol. The SMILES string of the molecule is Cc1nn(C)c(NC2CC=CCC2)c1[N+](=O)[O-]. The van der Waals surface area contributed by atoms with Crippen LogP contribution in [0.2, 0.25) is 0 Å². The number of aromatic nitrogens is 2. The maximum absolute atomic E-state index is 11.0. The number of nitrogens with zero attached hydrogens (tertiary/aromatic N) is 3. The summed E-state index contributed by atoms with van der Waals surface area (Å²) in [6, 6.07) is 0.258. The van der Waals surface area contributed by atoms with Crippen molar-refractivity contribution in [3.8, 4) is 0 Å². The zero-order valence-electron chi connectivity index (χ0n) is 10.0. The van der Waals surface area contributed by atoms with E-state index in [0.717, 1.165) is 19.3 Å². The standard InChI is InChI=1S/C11H16N4O2/c1-8-10(15(16)17)11(14(2)13-8)12-9-6-4-3-5-7-9/h3-4,9,12H,5-7H2,1-2H3. The minimum atomic E-state index is -0.372. The summed E-state index contributed by atoms with van der Waals surface area (Å²) in [7, 11) is 1.72. The van der Waals surface area contributed by atoms with Gasteiger partial charge in [0, 0.05) is 13.1 Å². The van der Waals surface area contributed by atoms with Crippen molar-refractivity contribution in [3.05, 3.63) is 28.0 Å². The van der Waals surface area contributed by atoms with E-state index in [1.165, 1.54) is 0 Å². The third kappa shape index (κ3) is 2.30. The van der Waals surface area contributed by atoms with Crippen molar-refractivity contribution in [2.45, 2.75) is 32.2 Å². The fourth-order valence-electron chi connectivity index (χ4n) is 2.15. The monoisotopic (exact) mass is 236 g/mol. The van der Waals surface area contributed by atoms with E-state index < -0.39 is 0 Å². The van der Waals surface area contributed by atoms with Crippen LogP contribution in [-0.4, -0.2) is 20.7 Å². The van der Waals surface area contributed by atoms with E-state index in [9.17, 15) is 10.1 Å². The van der Waals surface area contributed by atoms with Crippen molar-refractivity contribution in [2.24, 2.45) is 7.05 Å². The molecule has 0 spiro atoms. The topological polar surface area (TPSA) is 73.0 Å². The lowest BCUT2D eigenvalue weighted by molar-refractivity contribution is -0.384. The molecule has 0 bridgehead atoms. The lowest BCUT2D eigenvalue weighted by Crippen LogP contribution is -2.22. The Morgan fingerprint density at radius 3 is 2.94 bits per heavy atom. The molecule has 1 aromatic rings. The summed E-state index contributed by atoms with van der Waals surface area (Å²) >= 11 is 0. The summed E-state index contributed by atoms with van der Waals surface area (Å²) in [6.07, 6.45) is 7.17. The molecule has 0 amide bonds. The first kappa shape index (κ1) is 11.6. The zero-order chi connectivity index (χ0) is 12.4. The van der Waals surface area contributed by atoms with Crippen LogP contribution >= 0.6 is 0 Å². The molecule has 6 heteroatoms. The van der Waals surface area contributed by atoms with Crippen molar-refractivity contribution >= 4 is 11.5 Å². The summed E-state index contributed by atoms with van der Waals surface area (Å²) in [5, 5.41) is 18.3. The number of nitrogens with one attached hydrogen (secondary N) is 1. The Bertz CT molecular complexity index is 464. The molecule has 1 aromatic heterocycles. The van der Waals surface area contributed by atoms with E-state index in [1.807, 2.05) is 0 Å².